The Bertz CT molecular complexity index is 791. The molecule has 2 amide bonds. The molecule has 25 heavy (non-hydrogen) atoms. The van der Waals surface area contributed by atoms with E-state index in [1.54, 1.807) is 29.2 Å². The molecule has 2 aromatic rings. The highest BCUT2D eigenvalue weighted by Gasteiger charge is 2.12. The van der Waals surface area contributed by atoms with Gasteiger partial charge < -0.3 is 10.2 Å². The zero-order valence-corrected chi connectivity index (χ0v) is 14.5. The van der Waals surface area contributed by atoms with E-state index < -0.39 is 0 Å². The van der Waals surface area contributed by atoms with Gasteiger partial charge in [-0.15, -0.1) is 0 Å². The molecule has 0 radical (unpaired) electrons. The van der Waals surface area contributed by atoms with Crippen molar-refractivity contribution < 1.29 is 9.59 Å². The maximum absolute atomic E-state index is 12.1. The van der Waals surface area contributed by atoms with Crippen LogP contribution in [0.5, 0.6) is 0 Å². The molecule has 0 bridgehead atoms. The fraction of sp³-hybridized carbons (Fsp3) is 0.250. The first-order valence-electron chi connectivity index (χ1n) is 8.10. The monoisotopic (exact) mass is 335 g/mol. The number of nitriles is 1. The van der Waals surface area contributed by atoms with Crippen LogP contribution in [-0.4, -0.2) is 24.9 Å². The summed E-state index contributed by atoms with van der Waals surface area (Å²) in [5.74, 6) is -0.185. The van der Waals surface area contributed by atoms with Crippen molar-refractivity contribution in [2.75, 3.05) is 18.0 Å². The van der Waals surface area contributed by atoms with Crippen LogP contribution in [0.25, 0.3) is 0 Å². The summed E-state index contributed by atoms with van der Waals surface area (Å²) in [5, 5.41) is 11.7. The van der Waals surface area contributed by atoms with E-state index in [0.717, 1.165) is 11.1 Å². The maximum atomic E-state index is 12.1. The molecule has 0 aliphatic rings. The molecule has 0 aliphatic heterocycles. The molecule has 5 nitrogen and oxygen atoms in total. The van der Waals surface area contributed by atoms with Crippen LogP contribution in [0.1, 0.15) is 23.6 Å². The number of rotatable bonds is 6. The summed E-state index contributed by atoms with van der Waals surface area (Å²) >= 11 is 0. The number of carbonyl (C=O) groups excluding carboxylic acids is 2. The molecule has 0 heterocycles. The van der Waals surface area contributed by atoms with Crippen LogP contribution in [0.4, 0.5) is 5.69 Å². The number of anilines is 1. The molecule has 0 aromatic heterocycles. The van der Waals surface area contributed by atoms with Gasteiger partial charge in [0.15, 0.2) is 0 Å². The number of nitrogens with zero attached hydrogens (tertiary/aromatic N) is 2. The Labute approximate surface area is 147 Å². The number of nitrogens with one attached hydrogen (secondary N) is 1. The molecule has 0 fully saturated rings. The van der Waals surface area contributed by atoms with Gasteiger partial charge in [0.1, 0.15) is 0 Å². The minimum Gasteiger partial charge on any atom is -0.354 e. The van der Waals surface area contributed by atoms with Gasteiger partial charge in [-0.2, -0.15) is 5.26 Å². The molecule has 0 aliphatic carbocycles. The van der Waals surface area contributed by atoms with Gasteiger partial charge in [0, 0.05) is 25.7 Å². The Morgan fingerprint density at radius 2 is 1.80 bits per heavy atom. The first-order chi connectivity index (χ1) is 12.0. The summed E-state index contributed by atoms with van der Waals surface area (Å²) in [4.78, 5) is 25.5. The van der Waals surface area contributed by atoms with Crippen molar-refractivity contribution in [3.63, 3.8) is 0 Å². The minimum atomic E-state index is -0.113. The van der Waals surface area contributed by atoms with Gasteiger partial charge in [-0.3, -0.25) is 9.59 Å². The van der Waals surface area contributed by atoms with Crippen molar-refractivity contribution in [1.82, 2.24) is 5.32 Å². The van der Waals surface area contributed by atoms with Gasteiger partial charge in [0.05, 0.1) is 18.1 Å². The topological polar surface area (TPSA) is 73.2 Å². The van der Waals surface area contributed by atoms with Crippen LogP contribution in [0.15, 0.2) is 48.5 Å². The highest BCUT2D eigenvalue weighted by Crippen LogP contribution is 2.15. The third-order valence-corrected chi connectivity index (χ3v) is 3.96. The Morgan fingerprint density at radius 1 is 1.12 bits per heavy atom. The van der Waals surface area contributed by atoms with Gasteiger partial charge >= 0.3 is 0 Å². The van der Waals surface area contributed by atoms with Crippen LogP contribution in [0, 0.1) is 18.3 Å². The molecular weight excluding hydrogens is 314 g/mol. The smallest absolute Gasteiger partial charge is 0.224 e. The van der Waals surface area contributed by atoms with Gasteiger partial charge in [-0.1, -0.05) is 24.3 Å². The fourth-order valence-corrected chi connectivity index (χ4v) is 2.54. The number of hydrogen-bond acceptors (Lipinski definition) is 3. The third kappa shape index (κ3) is 5.18. The molecule has 0 atom stereocenters. The van der Waals surface area contributed by atoms with E-state index in [1.807, 2.05) is 37.3 Å². The highest BCUT2D eigenvalue weighted by molar-refractivity contribution is 5.91. The predicted molar refractivity (Wildman–Crippen MR) is 97.1 cm³/mol. The Kier molecular flexibility index (Phi) is 6.30. The number of benzene rings is 2. The lowest BCUT2D eigenvalue weighted by Gasteiger charge is -2.21. The molecular formula is C20H21N3O2. The summed E-state index contributed by atoms with van der Waals surface area (Å²) in [5.41, 5.74) is 3.33. The zero-order chi connectivity index (χ0) is 18.2. The van der Waals surface area contributed by atoms with E-state index in [2.05, 4.69) is 5.32 Å². The van der Waals surface area contributed by atoms with Crippen LogP contribution in [-0.2, 0) is 16.0 Å². The van der Waals surface area contributed by atoms with Gasteiger partial charge in [-0.25, -0.2) is 0 Å². The van der Waals surface area contributed by atoms with E-state index in [0.29, 0.717) is 30.8 Å². The lowest BCUT2D eigenvalue weighted by Crippen LogP contribution is -2.38. The Morgan fingerprint density at radius 3 is 2.40 bits per heavy atom. The van der Waals surface area contributed by atoms with Crippen molar-refractivity contribution in [2.45, 2.75) is 20.3 Å². The van der Waals surface area contributed by atoms with Crippen molar-refractivity contribution in [2.24, 2.45) is 0 Å². The van der Waals surface area contributed by atoms with Crippen molar-refractivity contribution >= 4 is 17.5 Å². The molecule has 0 saturated heterocycles. The van der Waals surface area contributed by atoms with E-state index in [4.69, 9.17) is 5.26 Å². The third-order valence-electron chi connectivity index (χ3n) is 3.96. The number of hydrogen-bond donors (Lipinski definition) is 1. The molecule has 2 rings (SSSR count). The Balaban J connectivity index is 1.91. The molecule has 128 valence electrons. The van der Waals surface area contributed by atoms with Gasteiger partial charge in [-0.05, 0) is 42.3 Å². The van der Waals surface area contributed by atoms with E-state index in [1.165, 1.54) is 6.92 Å². The van der Waals surface area contributed by atoms with Crippen molar-refractivity contribution in [1.29, 1.82) is 5.26 Å². The lowest BCUT2D eigenvalue weighted by molar-refractivity contribution is -0.121. The number of amides is 2. The SMILES string of the molecule is CC(=O)N(CCNC(=O)Cc1ccccc1C)c1ccc(C#N)cc1. The normalized spacial score (nSPS) is 9.96. The van der Waals surface area contributed by atoms with Gasteiger partial charge in [0.2, 0.25) is 11.8 Å². The minimum absolute atomic E-state index is 0.0716. The van der Waals surface area contributed by atoms with Crippen molar-refractivity contribution in [3.8, 4) is 6.07 Å². The first-order valence-corrected chi connectivity index (χ1v) is 8.10. The second-order valence-electron chi connectivity index (χ2n) is 5.78. The molecule has 0 unspecified atom stereocenters. The highest BCUT2D eigenvalue weighted by atomic mass is 16.2. The molecule has 0 spiro atoms. The van der Waals surface area contributed by atoms with Crippen LogP contribution >= 0.6 is 0 Å². The zero-order valence-electron chi connectivity index (χ0n) is 14.5. The van der Waals surface area contributed by atoms with Crippen LogP contribution < -0.4 is 10.2 Å². The summed E-state index contributed by atoms with van der Waals surface area (Å²) in [6, 6.07) is 16.6. The van der Waals surface area contributed by atoms with Gasteiger partial charge in [0.25, 0.3) is 0 Å². The van der Waals surface area contributed by atoms with E-state index in [-0.39, 0.29) is 11.8 Å². The summed E-state index contributed by atoms with van der Waals surface area (Å²) in [6.45, 7) is 4.20. The molecule has 0 saturated carbocycles. The fourth-order valence-electron chi connectivity index (χ4n) is 2.54. The Hall–Kier alpha value is -3.13. The van der Waals surface area contributed by atoms with Crippen molar-refractivity contribution in [3.05, 3.63) is 65.2 Å². The quantitative estimate of drug-likeness (QED) is 0.882. The average molecular weight is 335 g/mol. The second kappa shape index (κ2) is 8.65. The summed E-state index contributed by atoms with van der Waals surface area (Å²) in [6.07, 6.45) is 0.323. The largest absolute Gasteiger partial charge is 0.354 e. The first kappa shape index (κ1) is 18.2. The number of carbonyl (C=O) groups is 2. The molecule has 2 aromatic carbocycles. The average Bonchev–Trinajstić information content (AvgIpc) is 2.60. The molecule has 1 N–H and O–H groups in total. The summed E-state index contributed by atoms with van der Waals surface area (Å²) < 4.78 is 0. The molecule has 5 heteroatoms. The number of aryl methyl sites for hydroxylation is 1. The van der Waals surface area contributed by atoms with Crippen LogP contribution in [0.3, 0.4) is 0 Å². The van der Waals surface area contributed by atoms with Crippen LogP contribution in [0.2, 0.25) is 0 Å². The van der Waals surface area contributed by atoms with E-state index >= 15 is 0 Å². The summed E-state index contributed by atoms with van der Waals surface area (Å²) in [7, 11) is 0. The lowest BCUT2D eigenvalue weighted by atomic mass is 10.1. The van der Waals surface area contributed by atoms with E-state index in [9.17, 15) is 9.59 Å². The standard InChI is InChI=1S/C20H21N3O2/c1-15-5-3-4-6-18(15)13-20(25)22-11-12-23(16(2)24)19-9-7-17(14-21)8-10-19/h3-10H,11-13H2,1-2H3,(H,22,25). The predicted octanol–water partition coefficient (Wildman–Crippen LogP) is 2.58. The second-order valence-corrected chi connectivity index (χ2v) is 5.78. The maximum Gasteiger partial charge on any atom is 0.224 e.